The Morgan fingerprint density at radius 3 is 2.74 bits per heavy atom. The summed E-state index contributed by atoms with van der Waals surface area (Å²) in [4.78, 5) is 16.3. The molecular weight excluding hydrogens is 258 g/mol. The molecule has 5 heteroatoms. The molecule has 0 fully saturated rings. The third kappa shape index (κ3) is 3.39. The molecule has 100 valence electrons. The zero-order valence-electron chi connectivity index (χ0n) is 10.8. The molecule has 0 spiro atoms. The molecule has 3 N–H and O–H groups in total. The van der Waals surface area contributed by atoms with E-state index in [9.17, 15) is 4.79 Å². The van der Waals surface area contributed by atoms with Crippen LogP contribution in [0.1, 0.15) is 40.4 Å². The number of nitrogens with two attached hydrogens (primary N) is 1. The van der Waals surface area contributed by atoms with Crippen molar-refractivity contribution in [1.82, 2.24) is 10.3 Å². The van der Waals surface area contributed by atoms with Crippen LogP contribution in [0.15, 0.2) is 35.7 Å². The van der Waals surface area contributed by atoms with Gasteiger partial charge in [0.1, 0.15) is 10.7 Å². The number of aromatic nitrogens is 1. The quantitative estimate of drug-likeness (QED) is 0.881. The predicted octanol–water partition coefficient (Wildman–Crippen LogP) is 2.48. The first-order valence-electron chi connectivity index (χ1n) is 6.25. The Kier molecular flexibility index (Phi) is 4.65. The van der Waals surface area contributed by atoms with Crippen LogP contribution < -0.4 is 11.1 Å². The molecule has 4 nitrogen and oxygen atoms in total. The van der Waals surface area contributed by atoms with Gasteiger partial charge in [-0.15, -0.1) is 11.3 Å². The summed E-state index contributed by atoms with van der Waals surface area (Å²) in [5, 5.41) is 5.52. The molecule has 1 unspecified atom stereocenters. The second-order valence-electron chi connectivity index (χ2n) is 4.18. The number of benzene rings is 1. The van der Waals surface area contributed by atoms with Gasteiger partial charge in [0.2, 0.25) is 0 Å². The van der Waals surface area contributed by atoms with Crippen molar-refractivity contribution in [2.75, 3.05) is 0 Å². The van der Waals surface area contributed by atoms with Gasteiger partial charge < -0.3 is 11.1 Å². The molecule has 0 bridgehead atoms. The fraction of sp³-hybridized carbons (Fsp3) is 0.286. The average molecular weight is 275 g/mol. The van der Waals surface area contributed by atoms with Gasteiger partial charge in [-0.1, -0.05) is 37.3 Å². The molecule has 1 heterocycles. The Morgan fingerprint density at radius 2 is 2.16 bits per heavy atom. The second kappa shape index (κ2) is 6.45. The third-order valence-electron chi connectivity index (χ3n) is 2.87. The number of nitrogens with zero attached hydrogens (tertiary/aromatic N) is 1. The first kappa shape index (κ1) is 13.7. The van der Waals surface area contributed by atoms with E-state index < -0.39 is 0 Å². The third-order valence-corrected chi connectivity index (χ3v) is 3.75. The highest BCUT2D eigenvalue weighted by Crippen LogP contribution is 2.17. The lowest BCUT2D eigenvalue weighted by molar-refractivity contribution is 0.0931. The van der Waals surface area contributed by atoms with E-state index in [1.807, 2.05) is 37.3 Å². The van der Waals surface area contributed by atoms with Crippen LogP contribution in [-0.2, 0) is 6.54 Å². The number of thiazole rings is 1. The monoisotopic (exact) mass is 275 g/mol. The zero-order chi connectivity index (χ0) is 13.7. The topological polar surface area (TPSA) is 68.0 Å². The Balaban J connectivity index is 2.08. The van der Waals surface area contributed by atoms with Crippen LogP contribution in [0, 0.1) is 0 Å². The summed E-state index contributed by atoms with van der Waals surface area (Å²) in [6.07, 6.45) is 0.837. The lowest BCUT2D eigenvalue weighted by atomic mass is 10.0. The molecule has 0 aliphatic heterocycles. The van der Waals surface area contributed by atoms with Gasteiger partial charge in [0.05, 0.1) is 6.04 Å². The minimum absolute atomic E-state index is 0.0109. The Morgan fingerprint density at radius 1 is 1.42 bits per heavy atom. The molecule has 0 radical (unpaired) electrons. The van der Waals surface area contributed by atoms with Crippen LogP contribution in [0.3, 0.4) is 0 Å². The Hall–Kier alpha value is -1.72. The lowest BCUT2D eigenvalue weighted by Crippen LogP contribution is -2.28. The van der Waals surface area contributed by atoms with Gasteiger partial charge in [-0.2, -0.15) is 0 Å². The van der Waals surface area contributed by atoms with Crippen LogP contribution >= 0.6 is 11.3 Å². The number of amides is 1. The normalized spacial score (nSPS) is 12.1. The van der Waals surface area contributed by atoms with E-state index in [0.29, 0.717) is 12.2 Å². The first-order chi connectivity index (χ1) is 9.24. The Bertz CT molecular complexity index is 539. The fourth-order valence-corrected chi connectivity index (χ4v) is 2.50. The predicted molar refractivity (Wildman–Crippen MR) is 76.9 cm³/mol. The van der Waals surface area contributed by atoms with Crippen molar-refractivity contribution < 1.29 is 4.79 Å². The van der Waals surface area contributed by atoms with Gasteiger partial charge in [0, 0.05) is 11.9 Å². The van der Waals surface area contributed by atoms with Crippen molar-refractivity contribution in [2.24, 2.45) is 5.73 Å². The summed E-state index contributed by atoms with van der Waals surface area (Å²) < 4.78 is 0. The maximum atomic E-state index is 12.1. The summed E-state index contributed by atoms with van der Waals surface area (Å²) in [6, 6.07) is 9.95. The van der Waals surface area contributed by atoms with Crippen LogP contribution in [0.2, 0.25) is 0 Å². The summed E-state index contributed by atoms with van der Waals surface area (Å²) in [7, 11) is 0. The summed E-state index contributed by atoms with van der Waals surface area (Å²) >= 11 is 1.41. The smallest absolute Gasteiger partial charge is 0.271 e. The average Bonchev–Trinajstić information content (AvgIpc) is 2.94. The fourth-order valence-electron chi connectivity index (χ4n) is 1.85. The number of hydrogen-bond donors (Lipinski definition) is 2. The van der Waals surface area contributed by atoms with Crippen molar-refractivity contribution in [3.63, 3.8) is 0 Å². The van der Waals surface area contributed by atoms with Gasteiger partial charge in [-0.25, -0.2) is 4.98 Å². The number of nitrogens with one attached hydrogen (secondary N) is 1. The SMILES string of the molecule is CCC(NC(=O)c1csc(CN)n1)c1ccccc1. The minimum Gasteiger partial charge on any atom is -0.344 e. The van der Waals surface area contributed by atoms with Gasteiger partial charge >= 0.3 is 0 Å². The van der Waals surface area contributed by atoms with E-state index in [4.69, 9.17) is 5.73 Å². The minimum atomic E-state index is -0.147. The molecule has 0 aliphatic rings. The van der Waals surface area contributed by atoms with Gasteiger partial charge in [0.25, 0.3) is 5.91 Å². The van der Waals surface area contributed by atoms with E-state index in [1.54, 1.807) is 5.38 Å². The molecule has 0 saturated heterocycles. The highest BCUT2D eigenvalue weighted by Gasteiger charge is 2.15. The number of carbonyl (C=O) groups excluding carboxylic acids is 1. The van der Waals surface area contributed by atoms with Crippen molar-refractivity contribution in [1.29, 1.82) is 0 Å². The molecule has 1 aromatic carbocycles. The van der Waals surface area contributed by atoms with Crippen molar-refractivity contribution in [3.05, 3.63) is 52.0 Å². The molecule has 19 heavy (non-hydrogen) atoms. The van der Waals surface area contributed by atoms with Crippen LogP contribution in [0.25, 0.3) is 0 Å². The number of hydrogen-bond acceptors (Lipinski definition) is 4. The molecule has 0 aliphatic carbocycles. The van der Waals surface area contributed by atoms with Crippen molar-refractivity contribution >= 4 is 17.2 Å². The van der Waals surface area contributed by atoms with Crippen LogP contribution in [0.5, 0.6) is 0 Å². The largest absolute Gasteiger partial charge is 0.344 e. The van der Waals surface area contributed by atoms with E-state index in [-0.39, 0.29) is 11.9 Å². The van der Waals surface area contributed by atoms with E-state index in [0.717, 1.165) is 17.0 Å². The van der Waals surface area contributed by atoms with E-state index in [1.165, 1.54) is 11.3 Å². The highest BCUT2D eigenvalue weighted by atomic mass is 32.1. The van der Waals surface area contributed by atoms with Crippen LogP contribution in [0.4, 0.5) is 0 Å². The van der Waals surface area contributed by atoms with Gasteiger partial charge in [-0.3, -0.25) is 4.79 Å². The molecule has 1 atom stereocenters. The maximum absolute atomic E-state index is 12.1. The number of carbonyl (C=O) groups is 1. The highest BCUT2D eigenvalue weighted by molar-refractivity contribution is 7.09. The molecule has 2 aromatic rings. The molecule has 0 saturated carbocycles. The lowest BCUT2D eigenvalue weighted by Gasteiger charge is -2.16. The van der Waals surface area contributed by atoms with Gasteiger partial charge in [-0.05, 0) is 12.0 Å². The molecular formula is C14H17N3OS. The van der Waals surface area contributed by atoms with Crippen molar-refractivity contribution in [3.8, 4) is 0 Å². The summed E-state index contributed by atoms with van der Waals surface area (Å²) in [6.45, 7) is 2.41. The molecule has 1 aromatic heterocycles. The zero-order valence-corrected chi connectivity index (χ0v) is 11.6. The summed E-state index contributed by atoms with van der Waals surface area (Å²) in [5.41, 5.74) is 7.05. The molecule has 1 amide bonds. The van der Waals surface area contributed by atoms with Crippen LogP contribution in [-0.4, -0.2) is 10.9 Å². The van der Waals surface area contributed by atoms with E-state index in [2.05, 4.69) is 10.3 Å². The number of rotatable bonds is 5. The second-order valence-corrected chi connectivity index (χ2v) is 5.12. The van der Waals surface area contributed by atoms with Gasteiger partial charge in [0.15, 0.2) is 0 Å². The Labute approximate surface area is 116 Å². The standard InChI is InChI=1S/C14H17N3OS/c1-2-11(10-6-4-3-5-7-10)17-14(18)12-9-19-13(8-15)16-12/h3-7,9,11H,2,8,15H2,1H3,(H,17,18). The first-order valence-corrected chi connectivity index (χ1v) is 7.12. The summed E-state index contributed by atoms with van der Waals surface area (Å²) in [5.74, 6) is -0.147. The van der Waals surface area contributed by atoms with Crippen molar-refractivity contribution in [2.45, 2.75) is 25.9 Å². The molecule has 2 rings (SSSR count). The van der Waals surface area contributed by atoms with E-state index >= 15 is 0 Å². The maximum Gasteiger partial charge on any atom is 0.271 e.